The van der Waals surface area contributed by atoms with Crippen LogP contribution in [0.5, 0.6) is 5.75 Å². The lowest BCUT2D eigenvalue weighted by Gasteiger charge is -2.20. The molecule has 0 heterocycles. The second kappa shape index (κ2) is 10.8. The maximum atomic E-state index is 13.8. The Balaban J connectivity index is 2.11. The van der Waals surface area contributed by atoms with E-state index in [9.17, 15) is 14.0 Å². The van der Waals surface area contributed by atoms with Crippen LogP contribution in [0.1, 0.15) is 30.5 Å². The molecule has 7 heteroatoms. The van der Waals surface area contributed by atoms with E-state index in [-0.39, 0.29) is 24.5 Å². The van der Waals surface area contributed by atoms with Crippen molar-refractivity contribution in [1.82, 2.24) is 10.2 Å². The molecule has 2 rings (SSSR count). The zero-order chi connectivity index (χ0) is 21.4. The van der Waals surface area contributed by atoms with E-state index in [4.69, 9.17) is 4.74 Å². The van der Waals surface area contributed by atoms with Gasteiger partial charge in [-0.05, 0) is 36.8 Å². The lowest BCUT2D eigenvalue weighted by molar-refractivity contribution is -0.130. The van der Waals surface area contributed by atoms with Crippen molar-refractivity contribution in [2.45, 2.75) is 19.4 Å². The van der Waals surface area contributed by atoms with Gasteiger partial charge in [-0.15, -0.1) is 0 Å². The van der Waals surface area contributed by atoms with Crippen LogP contribution in [0.3, 0.4) is 0 Å². The molecular formula is C22H24BrFN2O3. The third kappa shape index (κ3) is 6.71. The highest BCUT2D eigenvalue weighted by molar-refractivity contribution is 9.10. The molecule has 0 bridgehead atoms. The zero-order valence-electron chi connectivity index (χ0n) is 16.6. The normalized spacial score (nSPS) is 11.9. The number of carbonyl (C=O) groups is 2. The molecule has 1 atom stereocenters. The molecule has 2 amide bonds. The minimum Gasteiger partial charge on any atom is -0.483 e. The van der Waals surface area contributed by atoms with E-state index >= 15 is 0 Å². The van der Waals surface area contributed by atoms with E-state index in [1.807, 2.05) is 25.1 Å². The van der Waals surface area contributed by atoms with Gasteiger partial charge in [0.25, 0.3) is 5.91 Å². The Morgan fingerprint density at radius 2 is 1.97 bits per heavy atom. The van der Waals surface area contributed by atoms with Crippen LogP contribution in [-0.4, -0.2) is 37.4 Å². The molecule has 1 N–H and O–H groups in total. The summed E-state index contributed by atoms with van der Waals surface area (Å²) < 4.78 is 20.2. The molecule has 0 radical (unpaired) electrons. The van der Waals surface area contributed by atoms with E-state index in [1.54, 1.807) is 32.3 Å². The first kappa shape index (κ1) is 22.6. The average molecular weight is 463 g/mol. The first-order valence-corrected chi connectivity index (χ1v) is 9.96. The van der Waals surface area contributed by atoms with E-state index in [0.717, 1.165) is 10.0 Å². The number of carbonyl (C=O) groups excluding carboxylic acids is 2. The molecule has 0 aromatic heterocycles. The van der Waals surface area contributed by atoms with Gasteiger partial charge >= 0.3 is 0 Å². The minimum atomic E-state index is -0.409. The Kier molecular flexibility index (Phi) is 8.39. The number of benzene rings is 2. The molecule has 0 fully saturated rings. The summed E-state index contributed by atoms with van der Waals surface area (Å²) in [5, 5.41) is 2.90. The Morgan fingerprint density at radius 3 is 2.66 bits per heavy atom. The first-order valence-electron chi connectivity index (χ1n) is 9.17. The summed E-state index contributed by atoms with van der Waals surface area (Å²) in [6, 6.07) is 11.5. The van der Waals surface area contributed by atoms with Gasteiger partial charge in [0.15, 0.2) is 6.61 Å². The summed E-state index contributed by atoms with van der Waals surface area (Å²) in [6.45, 7) is 1.85. The highest BCUT2D eigenvalue weighted by Crippen LogP contribution is 2.27. The fraction of sp³-hybridized carbons (Fsp3) is 0.273. The molecule has 0 aliphatic rings. The predicted molar refractivity (Wildman–Crippen MR) is 115 cm³/mol. The van der Waals surface area contributed by atoms with Gasteiger partial charge in [-0.25, -0.2) is 4.39 Å². The average Bonchev–Trinajstić information content (AvgIpc) is 2.71. The molecule has 154 valence electrons. The summed E-state index contributed by atoms with van der Waals surface area (Å²) in [5.41, 5.74) is 1.09. The van der Waals surface area contributed by atoms with Gasteiger partial charge in [0.1, 0.15) is 11.6 Å². The number of hydrogen-bond donors (Lipinski definition) is 1. The number of likely N-dealkylation sites (N-methyl/N-ethyl adjacent to an activating group) is 1. The maximum Gasteiger partial charge on any atom is 0.259 e. The zero-order valence-corrected chi connectivity index (χ0v) is 18.2. The van der Waals surface area contributed by atoms with Crippen molar-refractivity contribution in [2.75, 3.05) is 20.7 Å². The van der Waals surface area contributed by atoms with Crippen LogP contribution in [0.2, 0.25) is 0 Å². The van der Waals surface area contributed by atoms with Crippen LogP contribution in [0.4, 0.5) is 4.39 Å². The van der Waals surface area contributed by atoms with Crippen molar-refractivity contribution in [3.05, 3.63) is 70.0 Å². The number of nitrogens with one attached hydrogen (secondary N) is 1. The fourth-order valence-corrected chi connectivity index (χ4v) is 2.97. The van der Waals surface area contributed by atoms with Gasteiger partial charge in [-0.1, -0.05) is 41.1 Å². The number of ether oxygens (including phenoxy) is 1. The Labute approximate surface area is 178 Å². The number of amides is 2. The number of hydrogen-bond acceptors (Lipinski definition) is 3. The van der Waals surface area contributed by atoms with Gasteiger partial charge in [0.05, 0.1) is 6.04 Å². The van der Waals surface area contributed by atoms with Crippen LogP contribution in [0.25, 0.3) is 6.08 Å². The second-order valence-electron chi connectivity index (χ2n) is 6.58. The summed E-state index contributed by atoms with van der Waals surface area (Å²) in [5.74, 6) is -0.378. The molecule has 29 heavy (non-hydrogen) atoms. The third-order valence-corrected chi connectivity index (χ3v) is 4.73. The van der Waals surface area contributed by atoms with Crippen LogP contribution in [-0.2, 0) is 9.59 Å². The molecule has 5 nitrogen and oxygen atoms in total. The highest BCUT2D eigenvalue weighted by atomic mass is 79.9. The molecule has 0 aliphatic heterocycles. The van der Waals surface area contributed by atoms with Crippen molar-refractivity contribution >= 4 is 33.8 Å². The van der Waals surface area contributed by atoms with E-state index in [0.29, 0.717) is 17.7 Å². The minimum absolute atomic E-state index is 0.0868. The Morgan fingerprint density at radius 1 is 1.24 bits per heavy atom. The maximum absolute atomic E-state index is 13.8. The second-order valence-corrected chi connectivity index (χ2v) is 7.50. The van der Waals surface area contributed by atoms with Crippen molar-refractivity contribution in [2.24, 2.45) is 0 Å². The number of nitrogens with zero attached hydrogens (tertiary/aromatic N) is 1. The van der Waals surface area contributed by atoms with Gasteiger partial charge in [0, 0.05) is 35.8 Å². The highest BCUT2D eigenvalue weighted by Gasteiger charge is 2.17. The predicted octanol–water partition coefficient (Wildman–Crippen LogP) is 4.34. The van der Waals surface area contributed by atoms with Crippen molar-refractivity contribution < 1.29 is 18.7 Å². The van der Waals surface area contributed by atoms with Crippen LogP contribution < -0.4 is 10.1 Å². The lowest BCUT2D eigenvalue weighted by atomic mass is 10.0. The van der Waals surface area contributed by atoms with Crippen molar-refractivity contribution in [3.63, 3.8) is 0 Å². The van der Waals surface area contributed by atoms with Gasteiger partial charge in [0.2, 0.25) is 5.91 Å². The number of para-hydroxylation sites is 1. The smallest absolute Gasteiger partial charge is 0.259 e. The molecule has 1 unspecified atom stereocenters. The summed E-state index contributed by atoms with van der Waals surface area (Å²) >= 11 is 3.29. The Bertz CT molecular complexity index is 899. The molecular weight excluding hydrogens is 439 g/mol. The fourth-order valence-electron chi connectivity index (χ4n) is 2.60. The topological polar surface area (TPSA) is 58.6 Å². The number of halogens is 2. The quantitative estimate of drug-likeness (QED) is 0.593. The van der Waals surface area contributed by atoms with Crippen LogP contribution >= 0.6 is 15.9 Å². The lowest BCUT2D eigenvalue weighted by Crippen LogP contribution is -2.29. The molecule has 2 aromatic carbocycles. The van der Waals surface area contributed by atoms with Gasteiger partial charge in [-0.2, -0.15) is 0 Å². The van der Waals surface area contributed by atoms with Crippen molar-refractivity contribution in [3.8, 4) is 5.75 Å². The summed E-state index contributed by atoms with van der Waals surface area (Å²) in [4.78, 5) is 25.6. The summed E-state index contributed by atoms with van der Waals surface area (Å²) in [7, 11) is 3.32. The largest absolute Gasteiger partial charge is 0.483 e. The summed E-state index contributed by atoms with van der Waals surface area (Å²) in [6.07, 6.45) is 3.35. The molecule has 0 aliphatic carbocycles. The van der Waals surface area contributed by atoms with Crippen LogP contribution in [0, 0.1) is 5.82 Å². The molecule has 0 saturated heterocycles. The monoisotopic (exact) mass is 462 g/mol. The van der Waals surface area contributed by atoms with Gasteiger partial charge < -0.3 is 15.0 Å². The van der Waals surface area contributed by atoms with Crippen LogP contribution in [0.15, 0.2) is 53.0 Å². The first-order chi connectivity index (χ1) is 13.8. The molecule has 0 saturated carbocycles. The molecule has 0 spiro atoms. The SMILES string of the molecule is CCC(NC(=O)C=Cc1cc(Br)ccc1F)c1ccccc1OCC(=O)N(C)C. The van der Waals surface area contributed by atoms with E-state index in [1.165, 1.54) is 23.1 Å². The standard InChI is InChI=1S/C22H24BrFN2O3/c1-4-19(17-7-5-6-8-20(17)29-14-22(28)26(2)3)25-21(27)12-9-15-13-16(23)10-11-18(15)24/h5-13,19H,4,14H2,1-3H3,(H,25,27). The Hall–Kier alpha value is -2.67. The van der Waals surface area contributed by atoms with Gasteiger partial charge in [-0.3, -0.25) is 9.59 Å². The molecule has 2 aromatic rings. The van der Waals surface area contributed by atoms with Crippen molar-refractivity contribution in [1.29, 1.82) is 0 Å². The van der Waals surface area contributed by atoms with E-state index in [2.05, 4.69) is 21.2 Å². The van der Waals surface area contributed by atoms with E-state index < -0.39 is 5.82 Å². The number of rotatable bonds is 8. The third-order valence-electron chi connectivity index (χ3n) is 4.24.